The minimum absolute atomic E-state index is 0.0714. The van der Waals surface area contributed by atoms with Crippen LogP contribution in [0.15, 0.2) is 48.8 Å². The van der Waals surface area contributed by atoms with Crippen LogP contribution in [-0.4, -0.2) is 4.98 Å². The largest absolute Gasteiger partial charge is 0.355 e. The fraction of sp³-hybridized carbons (Fsp3) is 0.154. The summed E-state index contributed by atoms with van der Waals surface area (Å²) in [6, 6.07) is 12.1. The van der Waals surface area contributed by atoms with Crippen molar-refractivity contribution in [1.29, 1.82) is 0 Å². The Bertz CT molecular complexity index is 484. The standard InChI is InChI=1S/C13H12N2O/c1-2-4-10(5-3-1)13-15-12-8-14-7-6-11(12)9-16-13/h1-8,13,15H,9H2. The molecule has 0 saturated heterocycles. The van der Waals surface area contributed by atoms with Crippen molar-refractivity contribution in [3.05, 3.63) is 59.9 Å². The van der Waals surface area contributed by atoms with Crippen molar-refractivity contribution in [2.75, 3.05) is 5.32 Å². The molecule has 0 amide bonds. The van der Waals surface area contributed by atoms with Crippen LogP contribution in [-0.2, 0) is 11.3 Å². The zero-order chi connectivity index (χ0) is 10.8. The van der Waals surface area contributed by atoms with Crippen molar-refractivity contribution >= 4 is 5.69 Å². The topological polar surface area (TPSA) is 34.2 Å². The number of ether oxygens (including phenoxy) is 1. The molecule has 3 rings (SSSR count). The van der Waals surface area contributed by atoms with Crippen LogP contribution in [0.3, 0.4) is 0 Å². The van der Waals surface area contributed by atoms with Crippen LogP contribution in [0.25, 0.3) is 0 Å². The Labute approximate surface area is 94.1 Å². The molecule has 0 fully saturated rings. The van der Waals surface area contributed by atoms with Crippen LogP contribution >= 0.6 is 0 Å². The van der Waals surface area contributed by atoms with Gasteiger partial charge in [0.2, 0.25) is 0 Å². The Balaban J connectivity index is 1.89. The third kappa shape index (κ3) is 1.66. The molecule has 0 saturated carbocycles. The third-order valence-electron chi connectivity index (χ3n) is 2.71. The van der Waals surface area contributed by atoms with E-state index in [9.17, 15) is 0 Å². The summed E-state index contributed by atoms with van der Waals surface area (Å²) in [4.78, 5) is 4.11. The lowest BCUT2D eigenvalue weighted by Crippen LogP contribution is -2.20. The molecule has 16 heavy (non-hydrogen) atoms. The van der Waals surface area contributed by atoms with Crippen LogP contribution in [0.2, 0.25) is 0 Å². The predicted octanol–water partition coefficient (Wildman–Crippen LogP) is 2.72. The molecule has 1 atom stereocenters. The molecule has 0 aliphatic carbocycles. The van der Waals surface area contributed by atoms with Gasteiger partial charge in [-0.15, -0.1) is 0 Å². The summed E-state index contributed by atoms with van der Waals surface area (Å²) in [7, 11) is 0. The zero-order valence-electron chi connectivity index (χ0n) is 8.76. The Morgan fingerprint density at radius 3 is 2.94 bits per heavy atom. The van der Waals surface area contributed by atoms with Crippen LogP contribution in [0.4, 0.5) is 5.69 Å². The van der Waals surface area contributed by atoms with Gasteiger partial charge in [-0.1, -0.05) is 30.3 Å². The molecule has 3 heteroatoms. The summed E-state index contributed by atoms with van der Waals surface area (Å²) in [5, 5.41) is 3.33. The SMILES string of the molecule is c1ccc(C2Nc3cnccc3CO2)cc1. The molecule has 0 bridgehead atoms. The maximum atomic E-state index is 5.75. The van der Waals surface area contributed by atoms with Gasteiger partial charge in [0.1, 0.15) is 0 Å². The fourth-order valence-electron chi connectivity index (χ4n) is 1.84. The maximum absolute atomic E-state index is 5.75. The van der Waals surface area contributed by atoms with Gasteiger partial charge in [0.25, 0.3) is 0 Å². The van der Waals surface area contributed by atoms with E-state index >= 15 is 0 Å². The van der Waals surface area contributed by atoms with E-state index in [1.807, 2.05) is 30.5 Å². The minimum atomic E-state index is -0.0714. The summed E-state index contributed by atoms with van der Waals surface area (Å²) in [6.07, 6.45) is 3.55. The fourth-order valence-corrected chi connectivity index (χ4v) is 1.84. The molecule has 2 aromatic rings. The summed E-state index contributed by atoms with van der Waals surface area (Å²) >= 11 is 0. The van der Waals surface area contributed by atoms with Crippen molar-refractivity contribution in [3.63, 3.8) is 0 Å². The lowest BCUT2D eigenvalue weighted by molar-refractivity contribution is 0.0506. The van der Waals surface area contributed by atoms with Gasteiger partial charge in [-0.3, -0.25) is 4.98 Å². The van der Waals surface area contributed by atoms with E-state index in [0.29, 0.717) is 6.61 Å². The minimum Gasteiger partial charge on any atom is -0.355 e. The van der Waals surface area contributed by atoms with Crippen molar-refractivity contribution < 1.29 is 4.74 Å². The van der Waals surface area contributed by atoms with Gasteiger partial charge in [0, 0.05) is 17.3 Å². The number of anilines is 1. The first-order valence-corrected chi connectivity index (χ1v) is 5.29. The smallest absolute Gasteiger partial charge is 0.154 e. The summed E-state index contributed by atoms with van der Waals surface area (Å²) in [6.45, 7) is 0.629. The Morgan fingerprint density at radius 1 is 1.19 bits per heavy atom. The second kappa shape index (κ2) is 3.94. The number of rotatable bonds is 1. The van der Waals surface area contributed by atoms with Gasteiger partial charge in [-0.05, 0) is 6.07 Å². The van der Waals surface area contributed by atoms with E-state index in [1.165, 1.54) is 0 Å². The summed E-state index contributed by atoms with van der Waals surface area (Å²) in [5.41, 5.74) is 3.35. The van der Waals surface area contributed by atoms with E-state index in [4.69, 9.17) is 4.74 Å². The monoisotopic (exact) mass is 212 g/mol. The molecule has 1 aromatic carbocycles. The molecule has 1 aliphatic rings. The molecule has 1 aromatic heterocycles. The summed E-state index contributed by atoms with van der Waals surface area (Å²) < 4.78 is 5.75. The van der Waals surface area contributed by atoms with Crippen LogP contribution in [0.5, 0.6) is 0 Å². The lowest BCUT2D eigenvalue weighted by Gasteiger charge is -2.27. The highest BCUT2D eigenvalue weighted by Gasteiger charge is 2.18. The number of hydrogen-bond acceptors (Lipinski definition) is 3. The highest BCUT2D eigenvalue weighted by Crippen LogP contribution is 2.29. The second-order valence-electron chi connectivity index (χ2n) is 3.78. The number of pyridine rings is 1. The first-order chi connectivity index (χ1) is 7.93. The molecule has 3 nitrogen and oxygen atoms in total. The number of hydrogen-bond donors (Lipinski definition) is 1. The summed E-state index contributed by atoms with van der Waals surface area (Å²) in [5.74, 6) is 0. The Kier molecular flexibility index (Phi) is 2.31. The Morgan fingerprint density at radius 2 is 2.06 bits per heavy atom. The van der Waals surface area contributed by atoms with Crippen LogP contribution < -0.4 is 5.32 Å². The van der Waals surface area contributed by atoms with Gasteiger partial charge in [0.05, 0.1) is 18.5 Å². The van der Waals surface area contributed by atoms with Gasteiger partial charge < -0.3 is 10.1 Å². The zero-order valence-corrected chi connectivity index (χ0v) is 8.76. The normalized spacial score (nSPS) is 18.6. The lowest BCUT2D eigenvalue weighted by atomic mass is 10.1. The molecule has 2 heterocycles. The maximum Gasteiger partial charge on any atom is 0.154 e. The average molecular weight is 212 g/mol. The molecule has 0 radical (unpaired) electrons. The van der Waals surface area contributed by atoms with Gasteiger partial charge in [-0.25, -0.2) is 0 Å². The molecule has 0 spiro atoms. The number of benzene rings is 1. The van der Waals surface area contributed by atoms with Gasteiger partial charge in [0.15, 0.2) is 6.23 Å². The highest BCUT2D eigenvalue weighted by atomic mass is 16.5. The molecule has 80 valence electrons. The first-order valence-electron chi connectivity index (χ1n) is 5.29. The van der Waals surface area contributed by atoms with Gasteiger partial charge >= 0.3 is 0 Å². The molecular formula is C13H12N2O. The quantitative estimate of drug-likeness (QED) is 0.789. The number of aromatic nitrogens is 1. The molecule has 1 aliphatic heterocycles. The first kappa shape index (κ1) is 9.36. The number of nitrogens with one attached hydrogen (secondary N) is 1. The average Bonchev–Trinajstić information content (AvgIpc) is 2.39. The predicted molar refractivity (Wildman–Crippen MR) is 61.8 cm³/mol. The highest BCUT2D eigenvalue weighted by molar-refractivity contribution is 5.51. The van der Waals surface area contributed by atoms with Crippen molar-refractivity contribution in [2.24, 2.45) is 0 Å². The Hall–Kier alpha value is -1.87. The van der Waals surface area contributed by atoms with Crippen LogP contribution in [0, 0.1) is 0 Å². The van der Waals surface area contributed by atoms with Crippen molar-refractivity contribution in [3.8, 4) is 0 Å². The van der Waals surface area contributed by atoms with Crippen molar-refractivity contribution in [2.45, 2.75) is 12.8 Å². The van der Waals surface area contributed by atoms with E-state index in [2.05, 4.69) is 22.4 Å². The molecule has 1 unspecified atom stereocenters. The van der Waals surface area contributed by atoms with E-state index in [-0.39, 0.29) is 6.23 Å². The van der Waals surface area contributed by atoms with Crippen LogP contribution in [0.1, 0.15) is 17.4 Å². The number of fused-ring (bicyclic) bond motifs is 1. The molecular weight excluding hydrogens is 200 g/mol. The third-order valence-corrected chi connectivity index (χ3v) is 2.71. The number of nitrogens with zero attached hydrogens (tertiary/aromatic N) is 1. The second-order valence-corrected chi connectivity index (χ2v) is 3.78. The van der Waals surface area contributed by atoms with Gasteiger partial charge in [-0.2, -0.15) is 0 Å². The van der Waals surface area contributed by atoms with E-state index in [1.54, 1.807) is 6.20 Å². The van der Waals surface area contributed by atoms with E-state index < -0.39 is 0 Å². The van der Waals surface area contributed by atoms with E-state index in [0.717, 1.165) is 16.8 Å². The molecule has 1 N–H and O–H groups in total. The van der Waals surface area contributed by atoms with Crippen molar-refractivity contribution in [1.82, 2.24) is 4.98 Å².